The molecule has 0 bridgehead atoms. The Bertz CT molecular complexity index is 995. The number of hydrogen-bond acceptors (Lipinski definition) is 4. The first-order valence-corrected chi connectivity index (χ1v) is 7.43. The minimum atomic E-state index is -0.318. The Morgan fingerprint density at radius 1 is 0.870 bits per heavy atom. The average Bonchev–Trinajstić information content (AvgIpc) is 3.00. The normalized spacial score (nSPS) is 13.0. The molecule has 2 aromatic carbocycles. The van der Waals surface area contributed by atoms with Crippen molar-refractivity contribution in [3.8, 4) is 5.69 Å². The van der Waals surface area contributed by atoms with Gasteiger partial charge in [-0.1, -0.05) is 52.7 Å². The lowest BCUT2D eigenvalue weighted by Gasteiger charge is -2.14. The van der Waals surface area contributed by atoms with Crippen molar-refractivity contribution >= 4 is 34.8 Å². The first-order valence-electron chi connectivity index (χ1n) is 6.67. The van der Waals surface area contributed by atoms with E-state index in [0.29, 0.717) is 26.9 Å². The number of carbonyl (C=O) groups is 2. The first-order chi connectivity index (χ1) is 11.1. The molecule has 0 atom stereocenters. The van der Waals surface area contributed by atoms with Crippen molar-refractivity contribution in [3.05, 3.63) is 75.0 Å². The molecule has 0 fully saturated rings. The highest BCUT2D eigenvalue weighted by Crippen LogP contribution is 2.29. The minimum Gasteiger partial charge on any atom is -0.287 e. The second-order valence-electron chi connectivity index (χ2n) is 5.00. The summed E-state index contributed by atoms with van der Waals surface area (Å²) in [5.74, 6) is -0.618. The van der Waals surface area contributed by atoms with Gasteiger partial charge in [0.05, 0.1) is 15.7 Å². The highest BCUT2D eigenvalue weighted by Gasteiger charge is 2.35. The summed E-state index contributed by atoms with van der Waals surface area (Å²) in [6.07, 6.45) is 0. The predicted molar refractivity (Wildman–Crippen MR) is 84.7 cm³/mol. The third-order valence-electron chi connectivity index (χ3n) is 3.66. The Labute approximate surface area is 140 Å². The molecule has 0 saturated heterocycles. The van der Waals surface area contributed by atoms with Gasteiger partial charge in [0, 0.05) is 11.1 Å². The summed E-state index contributed by atoms with van der Waals surface area (Å²) in [7, 11) is 0. The van der Waals surface area contributed by atoms with Crippen molar-refractivity contribution in [2.24, 2.45) is 0 Å². The van der Waals surface area contributed by atoms with E-state index in [2.05, 4.69) is 10.3 Å². The fourth-order valence-corrected chi connectivity index (χ4v) is 2.86. The maximum Gasteiger partial charge on any atom is 0.216 e. The maximum atomic E-state index is 12.7. The molecule has 4 rings (SSSR count). The van der Waals surface area contributed by atoms with Crippen LogP contribution in [0.25, 0.3) is 5.69 Å². The van der Waals surface area contributed by atoms with E-state index in [0.717, 1.165) is 0 Å². The molecule has 1 aliphatic rings. The van der Waals surface area contributed by atoms with Gasteiger partial charge in [-0.2, -0.15) is 0 Å². The van der Waals surface area contributed by atoms with Gasteiger partial charge < -0.3 is 0 Å². The molecule has 1 aromatic heterocycles. The average molecular weight is 344 g/mol. The van der Waals surface area contributed by atoms with Gasteiger partial charge in [-0.25, -0.2) is 4.68 Å². The second-order valence-corrected chi connectivity index (χ2v) is 5.82. The molecule has 1 aliphatic carbocycles. The van der Waals surface area contributed by atoms with E-state index in [1.807, 2.05) is 0 Å². The lowest BCUT2D eigenvalue weighted by molar-refractivity contribution is 0.0972. The molecule has 1 heterocycles. The van der Waals surface area contributed by atoms with Gasteiger partial charge in [0.2, 0.25) is 11.6 Å². The Hall–Kier alpha value is -2.50. The smallest absolute Gasteiger partial charge is 0.216 e. The van der Waals surface area contributed by atoms with Crippen LogP contribution in [-0.2, 0) is 0 Å². The summed E-state index contributed by atoms with van der Waals surface area (Å²) in [5.41, 5.74) is 1.36. The number of ketones is 2. The van der Waals surface area contributed by atoms with E-state index < -0.39 is 0 Å². The number of halogens is 2. The number of fused-ring (bicyclic) bond motifs is 2. The number of nitrogens with zero attached hydrogens (tertiary/aromatic N) is 3. The van der Waals surface area contributed by atoms with Gasteiger partial charge in [0.15, 0.2) is 5.69 Å². The summed E-state index contributed by atoms with van der Waals surface area (Å²) >= 11 is 11.9. The molecule has 0 amide bonds. The zero-order chi connectivity index (χ0) is 16.1. The van der Waals surface area contributed by atoms with Crippen LogP contribution in [0.5, 0.6) is 0 Å². The van der Waals surface area contributed by atoms with Crippen molar-refractivity contribution in [2.45, 2.75) is 0 Å². The zero-order valence-corrected chi connectivity index (χ0v) is 13.0. The van der Waals surface area contributed by atoms with Crippen molar-refractivity contribution in [1.82, 2.24) is 15.0 Å². The van der Waals surface area contributed by atoms with Gasteiger partial charge in [-0.15, -0.1) is 5.10 Å². The van der Waals surface area contributed by atoms with E-state index in [4.69, 9.17) is 23.2 Å². The lowest BCUT2D eigenvalue weighted by Crippen LogP contribution is -2.22. The van der Waals surface area contributed by atoms with Crippen molar-refractivity contribution < 1.29 is 9.59 Å². The largest absolute Gasteiger partial charge is 0.287 e. The van der Waals surface area contributed by atoms with Gasteiger partial charge in [-0.3, -0.25) is 9.59 Å². The molecule has 0 N–H and O–H groups in total. The Morgan fingerprint density at radius 3 is 2.26 bits per heavy atom. The van der Waals surface area contributed by atoms with Crippen LogP contribution in [0.2, 0.25) is 10.0 Å². The molecule has 0 spiro atoms. The Balaban J connectivity index is 1.95. The molecule has 0 aliphatic heterocycles. The molecule has 23 heavy (non-hydrogen) atoms. The van der Waals surface area contributed by atoms with Crippen LogP contribution in [0.4, 0.5) is 0 Å². The van der Waals surface area contributed by atoms with Gasteiger partial charge >= 0.3 is 0 Å². The minimum absolute atomic E-state index is 0.0415. The van der Waals surface area contributed by atoms with Crippen molar-refractivity contribution in [2.75, 3.05) is 0 Å². The summed E-state index contributed by atoms with van der Waals surface area (Å²) in [5, 5.41) is 8.54. The summed E-state index contributed by atoms with van der Waals surface area (Å²) in [4.78, 5) is 25.3. The Morgan fingerprint density at radius 2 is 1.57 bits per heavy atom. The van der Waals surface area contributed by atoms with E-state index >= 15 is 0 Å². The standard InChI is InChI=1S/C16H7Cl2N3O2/c17-11-6-5-8(7-12(11)18)21-14-13(19-20-21)15(22)9-3-1-2-4-10(9)16(14)23/h1-7H. The quantitative estimate of drug-likeness (QED) is 0.531. The first kappa shape index (κ1) is 14.1. The van der Waals surface area contributed by atoms with Crippen LogP contribution < -0.4 is 0 Å². The molecule has 5 nitrogen and oxygen atoms in total. The van der Waals surface area contributed by atoms with Crippen LogP contribution in [0.15, 0.2) is 42.5 Å². The number of carbonyl (C=O) groups excluding carboxylic acids is 2. The van der Waals surface area contributed by atoms with Crippen LogP contribution in [0.3, 0.4) is 0 Å². The second kappa shape index (κ2) is 5.01. The monoisotopic (exact) mass is 343 g/mol. The predicted octanol–water partition coefficient (Wildman–Crippen LogP) is 3.35. The van der Waals surface area contributed by atoms with Crippen LogP contribution in [0.1, 0.15) is 32.1 Å². The van der Waals surface area contributed by atoms with Crippen LogP contribution in [0, 0.1) is 0 Å². The third kappa shape index (κ3) is 2.01. The zero-order valence-electron chi connectivity index (χ0n) is 11.5. The number of benzene rings is 2. The maximum absolute atomic E-state index is 12.7. The summed E-state index contributed by atoms with van der Waals surface area (Å²) in [6.45, 7) is 0. The molecule has 7 heteroatoms. The highest BCUT2D eigenvalue weighted by molar-refractivity contribution is 6.42. The summed E-state index contributed by atoms with van der Waals surface area (Å²) < 4.78 is 1.31. The number of rotatable bonds is 1. The summed E-state index contributed by atoms with van der Waals surface area (Å²) in [6, 6.07) is 11.5. The van der Waals surface area contributed by atoms with Gasteiger partial charge in [0.25, 0.3) is 0 Å². The molecule has 0 unspecified atom stereocenters. The van der Waals surface area contributed by atoms with Crippen LogP contribution >= 0.6 is 23.2 Å². The molecular formula is C16H7Cl2N3O2. The van der Waals surface area contributed by atoms with E-state index in [1.165, 1.54) is 4.68 Å². The number of aromatic nitrogens is 3. The molecular weight excluding hydrogens is 337 g/mol. The van der Waals surface area contributed by atoms with Gasteiger partial charge in [0.1, 0.15) is 5.69 Å². The van der Waals surface area contributed by atoms with Crippen molar-refractivity contribution in [1.29, 1.82) is 0 Å². The number of hydrogen-bond donors (Lipinski definition) is 0. The fourth-order valence-electron chi connectivity index (χ4n) is 2.57. The lowest BCUT2D eigenvalue weighted by atomic mass is 9.90. The van der Waals surface area contributed by atoms with E-state index in [1.54, 1.807) is 42.5 Å². The molecule has 112 valence electrons. The molecule has 0 saturated carbocycles. The van der Waals surface area contributed by atoms with Crippen LogP contribution in [-0.4, -0.2) is 26.6 Å². The van der Waals surface area contributed by atoms with Gasteiger partial charge in [-0.05, 0) is 18.2 Å². The fraction of sp³-hybridized carbons (Fsp3) is 0. The Kier molecular flexibility index (Phi) is 3.07. The topological polar surface area (TPSA) is 64.8 Å². The molecule has 0 radical (unpaired) electrons. The molecule has 3 aromatic rings. The van der Waals surface area contributed by atoms with E-state index in [-0.39, 0.29) is 23.0 Å². The van der Waals surface area contributed by atoms with E-state index in [9.17, 15) is 9.59 Å². The van der Waals surface area contributed by atoms with Crippen molar-refractivity contribution in [3.63, 3.8) is 0 Å². The highest BCUT2D eigenvalue weighted by atomic mass is 35.5. The SMILES string of the molecule is O=C1c2ccccc2C(=O)c2c1nnn2-c1ccc(Cl)c(Cl)c1. The third-order valence-corrected chi connectivity index (χ3v) is 4.40.